The number of carbonyl (C=O) groups excluding carboxylic acids is 1. The van der Waals surface area contributed by atoms with Crippen LogP contribution in [0, 0.1) is 0 Å². The molecule has 2 heterocycles. The van der Waals surface area contributed by atoms with Crippen molar-refractivity contribution in [3.63, 3.8) is 0 Å². The number of thiocarbonyl (C=S) groups is 1. The maximum atomic E-state index is 12.7. The second kappa shape index (κ2) is 7.52. The Hall–Kier alpha value is -3.28. The molecule has 0 unspecified atom stereocenters. The number of nitrogens with zero attached hydrogens (tertiary/aromatic N) is 2. The molecule has 0 saturated carbocycles. The molecular formula is C24H16ClN3OS. The number of halogens is 1. The van der Waals surface area contributed by atoms with Gasteiger partial charge < -0.3 is 5.32 Å². The number of urea groups is 1. The van der Waals surface area contributed by atoms with Gasteiger partial charge in [-0.1, -0.05) is 78.4 Å². The lowest BCUT2D eigenvalue weighted by Gasteiger charge is -2.15. The van der Waals surface area contributed by atoms with E-state index in [1.165, 1.54) is 4.90 Å². The highest BCUT2D eigenvalue weighted by Gasteiger charge is 2.30. The summed E-state index contributed by atoms with van der Waals surface area (Å²) < 4.78 is 0. The van der Waals surface area contributed by atoms with Gasteiger partial charge in [-0.15, -0.1) is 0 Å². The Balaban J connectivity index is 1.60. The third-order valence-electron chi connectivity index (χ3n) is 5.17. The smallest absolute Gasteiger partial charge is 0.305 e. The van der Waals surface area contributed by atoms with Crippen LogP contribution in [0.25, 0.3) is 27.9 Å². The Morgan fingerprint density at radius 1 is 0.933 bits per heavy atom. The second-order valence-corrected chi connectivity index (χ2v) is 7.82. The number of aromatic nitrogens is 1. The summed E-state index contributed by atoms with van der Waals surface area (Å²) in [5.41, 5.74) is 4.21. The first kappa shape index (κ1) is 18.7. The number of hydrogen-bond donors (Lipinski definition) is 1. The SMILES string of the molecule is O=C1N/C(=C\c2c3ccccc3nc3ccccc23)C(=S)N1Cc1ccccc1Cl. The topological polar surface area (TPSA) is 45.2 Å². The van der Waals surface area contributed by atoms with Crippen molar-refractivity contribution in [2.45, 2.75) is 6.54 Å². The highest BCUT2D eigenvalue weighted by molar-refractivity contribution is 7.80. The number of pyridine rings is 1. The van der Waals surface area contributed by atoms with Crippen LogP contribution in [0.4, 0.5) is 4.79 Å². The molecule has 1 saturated heterocycles. The van der Waals surface area contributed by atoms with Crippen molar-refractivity contribution < 1.29 is 4.79 Å². The number of rotatable bonds is 3. The number of para-hydroxylation sites is 2. The first-order valence-corrected chi connectivity index (χ1v) is 10.3. The van der Waals surface area contributed by atoms with Gasteiger partial charge in [-0.2, -0.15) is 0 Å². The summed E-state index contributed by atoms with van der Waals surface area (Å²) in [6.07, 6.45) is 1.94. The van der Waals surface area contributed by atoms with Crippen LogP contribution >= 0.6 is 23.8 Å². The molecule has 5 rings (SSSR count). The Labute approximate surface area is 183 Å². The second-order valence-electron chi connectivity index (χ2n) is 7.03. The van der Waals surface area contributed by atoms with E-state index in [1.807, 2.05) is 72.8 Å². The normalized spacial score (nSPS) is 15.4. The summed E-state index contributed by atoms with van der Waals surface area (Å²) in [5, 5.41) is 5.53. The fourth-order valence-electron chi connectivity index (χ4n) is 3.68. The minimum atomic E-state index is -0.256. The zero-order chi connectivity index (χ0) is 20.7. The quantitative estimate of drug-likeness (QED) is 0.249. The molecule has 30 heavy (non-hydrogen) atoms. The standard InChI is InChI=1S/C24H16ClN3OS/c25-19-10-4-1-7-15(19)14-28-23(30)22(27-24(28)29)13-18-16-8-2-5-11-20(16)26-21-12-6-3-9-17(18)21/h1-13H,14H2,(H,27,29)/b22-13-. The highest BCUT2D eigenvalue weighted by atomic mass is 35.5. The van der Waals surface area contributed by atoms with Crippen LogP contribution in [0.5, 0.6) is 0 Å². The maximum absolute atomic E-state index is 12.7. The monoisotopic (exact) mass is 429 g/mol. The molecule has 1 aromatic heterocycles. The van der Waals surface area contributed by atoms with Crippen molar-refractivity contribution in [3.05, 3.63) is 94.6 Å². The Bertz CT molecular complexity index is 1310. The van der Waals surface area contributed by atoms with E-state index in [4.69, 9.17) is 28.8 Å². The van der Waals surface area contributed by atoms with Crippen molar-refractivity contribution in [1.82, 2.24) is 15.2 Å². The summed E-state index contributed by atoms with van der Waals surface area (Å²) in [6, 6.07) is 23.1. The van der Waals surface area contributed by atoms with Gasteiger partial charge in [-0.25, -0.2) is 9.78 Å². The fourth-order valence-corrected chi connectivity index (χ4v) is 4.14. The Morgan fingerprint density at radius 3 is 2.20 bits per heavy atom. The molecule has 146 valence electrons. The van der Waals surface area contributed by atoms with Gasteiger partial charge in [-0.05, 0) is 35.4 Å². The zero-order valence-corrected chi connectivity index (χ0v) is 17.4. The van der Waals surface area contributed by atoms with Crippen LogP contribution in [0.3, 0.4) is 0 Å². The average Bonchev–Trinajstić information content (AvgIpc) is 3.02. The van der Waals surface area contributed by atoms with Crippen LogP contribution in [-0.2, 0) is 6.54 Å². The molecule has 1 fully saturated rings. The number of benzene rings is 3. The molecule has 3 aromatic carbocycles. The minimum Gasteiger partial charge on any atom is -0.305 e. The van der Waals surface area contributed by atoms with Crippen LogP contribution in [-0.4, -0.2) is 20.9 Å². The minimum absolute atomic E-state index is 0.256. The third-order valence-corrected chi connectivity index (χ3v) is 5.98. The largest absolute Gasteiger partial charge is 0.327 e. The van der Waals surface area contributed by atoms with E-state index in [9.17, 15) is 4.79 Å². The van der Waals surface area contributed by atoms with Gasteiger partial charge in [0.15, 0.2) is 0 Å². The van der Waals surface area contributed by atoms with Gasteiger partial charge in [0.2, 0.25) is 0 Å². The molecule has 2 amide bonds. The van der Waals surface area contributed by atoms with Gasteiger partial charge in [0.05, 0.1) is 23.3 Å². The van der Waals surface area contributed by atoms with Crippen molar-refractivity contribution >= 4 is 62.7 Å². The lowest BCUT2D eigenvalue weighted by Crippen LogP contribution is -2.29. The van der Waals surface area contributed by atoms with E-state index in [-0.39, 0.29) is 6.03 Å². The summed E-state index contributed by atoms with van der Waals surface area (Å²) in [4.78, 5) is 19.4. The number of hydrogen-bond acceptors (Lipinski definition) is 3. The fraction of sp³-hybridized carbons (Fsp3) is 0.0417. The molecule has 4 aromatic rings. The molecule has 6 heteroatoms. The van der Waals surface area contributed by atoms with Crippen LogP contribution in [0.2, 0.25) is 5.02 Å². The van der Waals surface area contributed by atoms with E-state index in [1.54, 1.807) is 6.07 Å². The van der Waals surface area contributed by atoms with E-state index >= 15 is 0 Å². The van der Waals surface area contributed by atoms with Crippen molar-refractivity contribution in [2.75, 3.05) is 0 Å². The molecule has 4 nitrogen and oxygen atoms in total. The summed E-state index contributed by atoms with van der Waals surface area (Å²) >= 11 is 11.9. The Morgan fingerprint density at radius 2 is 1.53 bits per heavy atom. The van der Waals surface area contributed by atoms with Crippen molar-refractivity contribution in [2.24, 2.45) is 0 Å². The van der Waals surface area contributed by atoms with Crippen molar-refractivity contribution in [1.29, 1.82) is 0 Å². The average molecular weight is 430 g/mol. The predicted molar refractivity (Wildman–Crippen MR) is 125 cm³/mol. The number of carbonyl (C=O) groups is 1. The van der Waals surface area contributed by atoms with Gasteiger partial charge >= 0.3 is 6.03 Å². The maximum Gasteiger partial charge on any atom is 0.327 e. The number of fused-ring (bicyclic) bond motifs is 2. The van der Waals surface area contributed by atoms with Gasteiger partial charge in [-0.3, -0.25) is 4.90 Å². The molecule has 1 aliphatic rings. The van der Waals surface area contributed by atoms with Crippen molar-refractivity contribution in [3.8, 4) is 0 Å². The first-order valence-electron chi connectivity index (χ1n) is 9.47. The lowest BCUT2D eigenvalue weighted by atomic mass is 10.0. The van der Waals surface area contributed by atoms with Crippen LogP contribution in [0.1, 0.15) is 11.1 Å². The lowest BCUT2D eigenvalue weighted by molar-refractivity contribution is 0.228. The van der Waals surface area contributed by atoms with Gasteiger partial charge in [0.1, 0.15) is 4.99 Å². The van der Waals surface area contributed by atoms with Crippen LogP contribution < -0.4 is 5.32 Å². The van der Waals surface area contributed by atoms with Crippen LogP contribution in [0.15, 0.2) is 78.5 Å². The number of amides is 2. The molecule has 0 spiro atoms. The molecule has 0 radical (unpaired) electrons. The molecule has 0 aliphatic carbocycles. The summed E-state index contributed by atoms with van der Waals surface area (Å²) in [7, 11) is 0. The molecule has 0 bridgehead atoms. The van der Waals surface area contributed by atoms with E-state index in [0.717, 1.165) is 32.9 Å². The summed E-state index contributed by atoms with van der Waals surface area (Å²) in [6.45, 7) is 0.319. The molecule has 1 aliphatic heterocycles. The third kappa shape index (κ3) is 3.22. The van der Waals surface area contributed by atoms with Gasteiger partial charge in [0, 0.05) is 15.8 Å². The summed E-state index contributed by atoms with van der Waals surface area (Å²) in [5.74, 6) is 0. The van der Waals surface area contributed by atoms with Gasteiger partial charge in [0.25, 0.3) is 0 Å². The Kier molecular flexibility index (Phi) is 4.69. The molecular weight excluding hydrogens is 414 g/mol. The molecule has 1 N–H and O–H groups in total. The first-order chi connectivity index (χ1) is 14.6. The highest BCUT2D eigenvalue weighted by Crippen LogP contribution is 2.29. The van der Waals surface area contributed by atoms with E-state index < -0.39 is 0 Å². The zero-order valence-electron chi connectivity index (χ0n) is 15.8. The molecule has 0 atom stereocenters. The predicted octanol–water partition coefficient (Wildman–Crippen LogP) is 5.94. The van der Waals surface area contributed by atoms with E-state index in [0.29, 0.717) is 22.3 Å². The number of nitrogens with one attached hydrogen (secondary N) is 1. The van der Waals surface area contributed by atoms with E-state index in [2.05, 4.69) is 5.32 Å².